The molecule has 6 heteroatoms. The van der Waals surface area contributed by atoms with E-state index in [0.29, 0.717) is 11.3 Å². The van der Waals surface area contributed by atoms with E-state index in [2.05, 4.69) is 10.6 Å². The lowest BCUT2D eigenvalue weighted by Crippen LogP contribution is -2.46. The second kappa shape index (κ2) is 9.69. The van der Waals surface area contributed by atoms with Gasteiger partial charge in [0.2, 0.25) is 0 Å². The molecule has 0 heterocycles. The summed E-state index contributed by atoms with van der Waals surface area (Å²) in [7, 11) is 0. The number of carbonyl (C=O) groups is 3. The quantitative estimate of drug-likeness (QED) is 0.720. The van der Waals surface area contributed by atoms with Crippen LogP contribution in [0, 0.1) is 19.8 Å². The van der Waals surface area contributed by atoms with Crippen molar-refractivity contribution in [1.29, 1.82) is 0 Å². The van der Waals surface area contributed by atoms with Crippen LogP contribution >= 0.6 is 0 Å². The van der Waals surface area contributed by atoms with Crippen molar-refractivity contribution in [1.82, 2.24) is 5.32 Å². The number of aryl methyl sites for hydroxylation is 2. The summed E-state index contributed by atoms with van der Waals surface area (Å²) in [5.74, 6) is -1.63. The first kappa shape index (κ1) is 21.2. The lowest BCUT2D eigenvalue weighted by atomic mass is 10.0. The van der Waals surface area contributed by atoms with Crippen molar-refractivity contribution in [2.45, 2.75) is 33.7 Å². The predicted molar refractivity (Wildman–Crippen MR) is 108 cm³/mol. The molecule has 0 saturated carbocycles. The lowest BCUT2D eigenvalue weighted by molar-refractivity contribution is -0.150. The topological polar surface area (TPSA) is 84.5 Å². The van der Waals surface area contributed by atoms with Gasteiger partial charge in [-0.25, -0.2) is 4.79 Å². The zero-order valence-electron chi connectivity index (χ0n) is 16.6. The Kier molecular flexibility index (Phi) is 7.32. The molecule has 148 valence electrons. The lowest BCUT2D eigenvalue weighted by Gasteiger charge is -2.21. The number of nitrogens with one attached hydrogen (secondary N) is 2. The van der Waals surface area contributed by atoms with Crippen molar-refractivity contribution in [3.8, 4) is 0 Å². The number of rotatable bonds is 7. The van der Waals surface area contributed by atoms with Crippen molar-refractivity contribution in [2.75, 3.05) is 11.9 Å². The smallest absolute Gasteiger partial charge is 0.329 e. The molecule has 1 atom stereocenters. The summed E-state index contributed by atoms with van der Waals surface area (Å²) in [4.78, 5) is 36.9. The molecule has 0 unspecified atom stereocenters. The second-order valence-corrected chi connectivity index (χ2v) is 7.03. The van der Waals surface area contributed by atoms with Crippen LogP contribution in [0.5, 0.6) is 0 Å². The van der Waals surface area contributed by atoms with Gasteiger partial charge in [-0.05, 0) is 43.5 Å². The minimum Gasteiger partial charge on any atom is -0.454 e. The third kappa shape index (κ3) is 5.94. The number of benzene rings is 2. The molecule has 0 aliphatic rings. The van der Waals surface area contributed by atoms with Crippen LogP contribution in [0.15, 0.2) is 48.5 Å². The summed E-state index contributed by atoms with van der Waals surface area (Å²) >= 11 is 0. The van der Waals surface area contributed by atoms with Crippen molar-refractivity contribution in [3.63, 3.8) is 0 Å². The van der Waals surface area contributed by atoms with Crippen molar-refractivity contribution in [3.05, 3.63) is 65.2 Å². The predicted octanol–water partition coefficient (Wildman–Crippen LogP) is 3.24. The van der Waals surface area contributed by atoms with Crippen LogP contribution in [0.3, 0.4) is 0 Å². The van der Waals surface area contributed by atoms with E-state index in [4.69, 9.17) is 4.74 Å². The molecule has 0 spiro atoms. The van der Waals surface area contributed by atoms with E-state index in [1.165, 1.54) is 0 Å². The Morgan fingerprint density at radius 1 is 0.964 bits per heavy atom. The Labute approximate surface area is 165 Å². The van der Waals surface area contributed by atoms with Gasteiger partial charge in [0.05, 0.1) is 0 Å². The number of amides is 2. The zero-order chi connectivity index (χ0) is 20.7. The number of carbonyl (C=O) groups excluding carboxylic acids is 3. The molecule has 2 aromatic carbocycles. The SMILES string of the molecule is Cc1ccc(NC(=O)COC(=O)[C@@H](NC(=O)c2ccccc2C)C(C)C)cc1. The van der Waals surface area contributed by atoms with E-state index in [1.54, 1.807) is 38.1 Å². The van der Waals surface area contributed by atoms with Crippen LogP contribution in [-0.2, 0) is 14.3 Å². The average molecular weight is 382 g/mol. The first-order valence-electron chi connectivity index (χ1n) is 9.17. The second-order valence-electron chi connectivity index (χ2n) is 7.03. The Balaban J connectivity index is 1.93. The molecule has 0 aliphatic heterocycles. The summed E-state index contributed by atoms with van der Waals surface area (Å²) in [5.41, 5.74) is 3.01. The molecular weight excluding hydrogens is 356 g/mol. The maximum atomic E-state index is 12.5. The standard InChI is InChI=1S/C22H26N2O4/c1-14(2)20(24-21(26)18-8-6-5-7-16(18)4)22(27)28-13-19(25)23-17-11-9-15(3)10-12-17/h5-12,14,20H,13H2,1-4H3,(H,23,25)(H,24,26)/t20-/m0/s1. The van der Waals surface area contributed by atoms with Gasteiger partial charge in [0.25, 0.3) is 11.8 Å². The zero-order valence-corrected chi connectivity index (χ0v) is 16.6. The highest BCUT2D eigenvalue weighted by Crippen LogP contribution is 2.11. The third-order valence-electron chi connectivity index (χ3n) is 4.28. The molecule has 2 aromatic rings. The molecule has 28 heavy (non-hydrogen) atoms. The number of hydrogen-bond donors (Lipinski definition) is 2. The van der Waals surface area contributed by atoms with Gasteiger partial charge in [0, 0.05) is 11.3 Å². The highest BCUT2D eigenvalue weighted by Gasteiger charge is 2.27. The molecule has 0 aliphatic carbocycles. The third-order valence-corrected chi connectivity index (χ3v) is 4.28. The molecule has 0 fully saturated rings. The highest BCUT2D eigenvalue weighted by molar-refractivity contribution is 5.98. The van der Waals surface area contributed by atoms with Crippen molar-refractivity contribution >= 4 is 23.5 Å². The van der Waals surface area contributed by atoms with E-state index in [1.807, 2.05) is 38.1 Å². The van der Waals surface area contributed by atoms with Gasteiger partial charge >= 0.3 is 5.97 Å². The Hall–Kier alpha value is -3.15. The maximum Gasteiger partial charge on any atom is 0.329 e. The minimum atomic E-state index is -0.848. The molecule has 6 nitrogen and oxygen atoms in total. The van der Waals surface area contributed by atoms with E-state index >= 15 is 0 Å². The Morgan fingerprint density at radius 2 is 1.61 bits per heavy atom. The maximum absolute atomic E-state index is 12.5. The molecule has 0 aromatic heterocycles. The van der Waals surface area contributed by atoms with Gasteiger partial charge in [-0.15, -0.1) is 0 Å². The largest absolute Gasteiger partial charge is 0.454 e. The minimum absolute atomic E-state index is 0.194. The van der Waals surface area contributed by atoms with E-state index < -0.39 is 24.5 Å². The van der Waals surface area contributed by atoms with Crippen LogP contribution in [0.2, 0.25) is 0 Å². The summed E-state index contributed by atoms with van der Waals surface area (Å²) < 4.78 is 5.12. The fraction of sp³-hybridized carbons (Fsp3) is 0.318. The van der Waals surface area contributed by atoms with Gasteiger partial charge in [-0.3, -0.25) is 9.59 Å². The number of esters is 1. The van der Waals surface area contributed by atoms with Gasteiger partial charge in [-0.2, -0.15) is 0 Å². The first-order valence-corrected chi connectivity index (χ1v) is 9.17. The van der Waals surface area contributed by atoms with Gasteiger partial charge in [-0.1, -0.05) is 49.7 Å². The first-order chi connectivity index (χ1) is 13.3. The van der Waals surface area contributed by atoms with E-state index in [-0.39, 0.29) is 11.8 Å². The van der Waals surface area contributed by atoms with Gasteiger partial charge in [0.15, 0.2) is 6.61 Å². The van der Waals surface area contributed by atoms with Gasteiger partial charge < -0.3 is 15.4 Å². The van der Waals surface area contributed by atoms with Gasteiger partial charge in [0.1, 0.15) is 6.04 Å². The molecule has 2 amide bonds. The van der Waals surface area contributed by atoms with E-state index in [9.17, 15) is 14.4 Å². The van der Waals surface area contributed by atoms with E-state index in [0.717, 1.165) is 11.1 Å². The summed E-state index contributed by atoms with van der Waals surface area (Å²) in [6.45, 7) is 6.96. The summed E-state index contributed by atoms with van der Waals surface area (Å²) in [6, 6.07) is 13.6. The average Bonchev–Trinajstić information content (AvgIpc) is 2.66. The summed E-state index contributed by atoms with van der Waals surface area (Å²) in [6.07, 6.45) is 0. The molecule has 2 rings (SSSR count). The van der Waals surface area contributed by atoms with Crippen LogP contribution < -0.4 is 10.6 Å². The number of hydrogen-bond acceptors (Lipinski definition) is 4. The molecule has 2 N–H and O–H groups in total. The molecule has 0 saturated heterocycles. The van der Waals surface area contributed by atoms with Crippen LogP contribution in [0.1, 0.15) is 35.3 Å². The fourth-order valence-corrected chi connectivity index (χ4v) is 2.60. The fourth-order valence-electron chi connectivity index (χ4n) is 2.60. The molecule has 0 radical (unpaired) electrons. The van der Waals surface area contributed by atoms with Crippen LogP contribution in [-0.4, -0.2) is 30.4 Å². The normalized spacial score (nSPS) is 11.6. The highest BCUT2D eigenvalue weighted by atomic mass is 16.5. The van der Waals surface area contributed by atoms with Crippen molar-refractivity contribution < 1.29 is 19.1 Å². The van der Waals surface area contributed by atoms with Crippen LogP contribution in [0.4, 0.5) is 5.69 Å². The molecule has 0 bridgehead atoms. The van der Waals surface area contributed by atoms with Crippen LogP contribution in [0.25, 0.3) is 0 Å². The summed E-state index contributed by atoms with van der Waals surface area (Å²) in [5, 5.41) is 5.37. The Morgan fingerprint density at radius 3 is 2.21 bits per heavy atom. The number of anilines is 1. The Bertz CT molecular complexity index is 844. The number of ether oxygens (including phenoxy) is 1. The van der Waals surface area contributed by atoms with Crippen molar-refractivity contribution in [2.24, 2.45) is 5.92 Å². The molecular formula is C22H26N2O4. The monoisotopic (exact) mass is 382 g/mol.